The lowest BCUT2D eigenvalue weighted by Crippen LogP contribution is -2.09. The number of benzene rings is 1. The summed E-state index contributed by atoms with van der Waals surface area (Å²) in [6, 6.07) is 11.6. The molecule has 2 N–H and O–H groups in total. The first-order valence-corrected chi connectivity index (χ1v) is 7.20. The number of rotatable bonds is 5. The fraction of sp³-hybridized carbons (Fsp3) is 0.200. The number of nitrogens with zero attached hydrogens (tertiary/aromatic N) is 1. The highest BCUT2D eigenvalue weighted by molar-refractivity contribution is 7.10. The molecule has 20 heavy (non-hydrogen) atoms. The monoisotopic (exact) mass is 285 g/mol. The summed E-state index contributed by atoms with van der Waals surface area (Å²) in [4.78, 5) is 12.4. The molecule has 1 heterocycles. The van der Waals surface area contributed by atoms with Crippen LogP contribution in [0.3, 0.4) is 0 Å². The molecule has 0 unspecified atom stereocenters. The van der Waals surface area contributed by atoms with E-state index in [2.05, 4.69) is 16.7 Å². The highest BCUT2D eigenvalue weighted by Gasteiger charge is 2.01. The van der Waals surface area contributed by atoms with Gasteiger partial charge in [-0.2, -0.15) is 5.26 Å². The lowest BCUT2D eigenvalue weighted by atomic mass is 10.2. The molecule has 5 heteroatoms. The van der Waals surface area contributed by atoms with Crippen molar-refractivity contribution in [3.8, 4) is 6.07 Å². The van der Waals surface area contributed by atoms with Crippen molar-refractivity contribution >= 4 is 28.6 Å². The Morgan fingerprint density at radius 3 is 2.60 bits per heavy atom. The van der Waals surface area contributed by atoms with Gasteiger partial charge in [0.05, 0.1) is 5.56 Å². The molecule has 2 aromatic rings. The second-order valence-corrected chi connectivity index (χ2v) is 5.24. The Morgan fingerprint density at radius 2 is 2.00 bits per heavy atom. The van der Waals surface area contributed by atoms with Crippen molar-refractivity contribution in [3.63, 3.8) is 0 Å². The second kappa shape index (κ2) is 6.73. The minimum Gasteiger partial charge on any atom is -0.380 e. The fourth-order valence-electron chi connectivity index (χ4n) is 1.64. The largest absolute Gasteiger partial charge is 0.380 e. The van der Waals surface area contributed by atoms with Crippen molar-refractivity contribution in [2.24, 2.45) is 0 Å². The molecule has 0 aliphatic carbocycles. The van der Waals surface area contributed by atoms with Crippen LogP contribution in [0.25, 0.3) is 0 Å². The van der Waals surface area contributed by atoms with Crippen LogP contribution in [-0.4, -0.2) is 5.91 Å². The summed E-state index contributed by atoms with van der Waals surface area (Å²) >= 11 is 1.57. The highest BCUT2D eigenvalue weighted by atomic mass is 32.1. The van der Waals surface area contributed by atoms with Gasteiger partial charge in [-0.05, 0) is 30.3 Å². The van der Waals surface area contributed by atoms with Crippen LogP contribution in [-0.2, 0) is 11.3 Å². The van der Waals surface area contributed by atoms with E-state index in [1.807, 2.05) is 42.6 Å². The Hall–Kier alpha value is -2.32. The Morgan fingerprint density at radius 1 is 1.30 bits per heavy atom. The van der Waals surface area contributed by atoms with Gasteiger partial charge >= 0.3 is 0 Å². The zero-order valence-corrected chi connectivity index (χ0v) is 12.0. The van der Waals surface area contributed by atoms with Crippen LogP contribution in [0.15, 0.2) is 35.7 Å². The summed E-state index contributed by atoms with van der Waals surface area (Å²) < 4.78 is 0. The average Bonchev–Trinajstić information content (AvgIpc) is 2.94. The van der Waals surface area contributed by atoms with Gasteiger partial charge in [-0.1, -0.05) is 6.92 Å². The van der Waals surface area contributed by atoms with E-state index in [1.165, 1.54) is 0 Å². The number of amides is 1. The Kier molecular flexibility index (Phi) is 4.75. The summed E-state index contributed by atoms with van der Waals surface area (Å²) in [6.07, 6.45) is 0.472. The first-order valence-electron chi connectivity index (χ1n) is 6.32. The lowest BCUT2D eigenvalue weighted by Gasteiger charge is -2.07. The molecular weight excluding hydrogens is 270 g/mol. The van der Waals surface area contributed by atoms with Gasteiger partial charge in [0.25, 0.3) is 0 Å². The van der Waals surface area contributed by atoms with E-state index < -0.39 is 0 Å². The number of nitrogens with one attached hydrogen (secondary N) is 2. The zero-order chi connectivity index (χ0) is 14.4. The maximum atomic E-state index is 11.3. The quantitative estimate of drug-likeness (QED) is 0.882. The van der Waals surface area contributed by atoms with Gasteiger partial charge in [-0.25, -0.2) is 0 Å². The first-order chi connectivity index (χ1) is 9.71. The number of nitriles is 1. The van der Waals surface area contributed by atoms with E-state index in [1.54, 1.807) is 11.3 Å². The van der Waals surface area contributed by atoms with Crippen molar-refractivity contribution in [1.29, 1.82) is 5.26 Å². The number of hydrogen-bond acceptors (Lipinski definition) is 4. The summed E-state index contributed by atoms with van der Waals surface area (Å²) in [6.45, 7) is 2.51. The topological polar surface area (TPSA) is 64.9 Å². The minimum atomic E-state index is 0.00771. The Balaban J connectivity index is 1.90. The smallest absolute Gasteiger partial charge is 0.224 e. The third-order valence-corrected chi connectivity index (χ3v) is 3.68. The molecule has 0 atom stereocenters. The molecule has 0 aliphatic rings. The van der Waals surface area contributed by atoms with Crippen LogP contribution < -0.4 is 10.6 Å². The average molecular weight is 285 g/mol. The molecule has 2 rings (SSSR count). The SMILES string of the molecule is CCC(=O)Nc1ccc(NCc2cc(C#N)cs2)cc1. The lowest BCUT2D eigenvalue weighted by molar-refractivity contribution is -0.115. The van der Waals surface area contributed by atoms with E-state index >= 15 is 0 Å². The molecule has 0 fully saturated rings. The van der Waals surface area contributed by atoms with Crippen LogP contribution in [0.4, 0.5) is 11.4 Å². The summed E-state index contributed by atoms with van der Waals surface area (Å²) in [5.74, 6) is 0.00771. The van der Waals surface area contributed by atoms with Gasteiger partial charge in [0.1, 0.15) is 6.07 Å². The van der Waals surface area contributed by atoms with Gasteiger partial charge in [0.2, 0.25) is 5.91 Å². The third-order valence-electron chi connectivity index (χ3n) is 2.74. The summed E-state index contributed by atoms with van der Waals surface area (Å²) in [5.41, 5.74) is 2.47. The normalized spacial score (nSPS) is 9.80. The highest BCUT2D eigenvalue weighted by Crippen LogP contribution is 2.18. The van der Waals surface area contributed by atoms with E-state index in [0.29, 0.717) is 18.5 Å². The molecule has 0 saturated carbocycles. The number of anilines is 2. The minimum absolute atomic E-state index is 0.00771. The fourth-order valence-corrected chi connectivity index (χ4v) is 2.39. The van der Waals surface area contributed by atoms with Crippen LogP contribution in [0.5, 0.6) is 0 Å². The maximum Gasteiger partial charge on any atom is 0.224 e. The molecule has 102 valence electrons. The molecule has 0 spiro atoms. The van der Waals surface area contributed by atoms with Crippen molar-refractivity contribution in [1.82, 2.24) is 0 Å². The molecular formula is C15H15N3OS. The van der Waals surface area contributed by atoms with Crippen LogP contribution in [0.2, 0.25) is 0 Å². The van der Waals surface area contributed by atoms with Gasteiger partial charge in [0.15, 0.2) is 0 Å². The predicted molar refractivity (Wildman–Crippen MR) is 81.7 cm³/mol. The first kappa shape index (κ1) is 14.1. The Bertz CT molecular complexity index is 625. The number of hydrogen-bond donors (Lipinski definition) is 2. The molecule has 0 saturated heterocycles. The van der Waals surface area contributed by atoms with Crippen molar-refractivity contribution in [3.05, 3.63) is 46.2 Å². The van der Waals surface area contributed by atoms with Crippen molar-refractivity contribution < 1.29 is 4.79 Å². The molecule has 0 bridgehead atoms. The van der Waals surface area contributed by atoms with Gasteiger partial charge in [0, 0.05) is 34.6 Å². The van der Waals surface area contributed by atoms with Crippen LogP contribution in [0.1, 0.15) is 23.8 Å². The molecule has 1 aromatic carbocycles. The summed E-state index contributed by atoms with van der Waals surface area (Å²) in [5, 5.41) is 16.7. The molecule has 0 aliphatic heterocycles. The summed E-state index contributed by atoms with van der Waals surface area (Å²) in [7, 11) is 0. The number of carbonyl (C=O) groups excluding carboxylic acids is 1. The van der Waals surface area contributed by atoms with Crippen LogP contribution in [0, 0.1) is 11.3 Å². The third kappa shape index (κ3) is 3.84. The van der Waals surface area contributed by atoms with Crippen molar-refractivity contribution in [2.75, 3.05) is 10.6 Å². The van der Waals surface area contributed by atoms with E-state index in [-0.39, 0.29) is 5.91 Å². The van der Waals surface area contributed by atoms with E-state index in [4.69, 9.17) is 5.26 Å². The zero-order valence-electron chi connectivity index (χ0n) is 11.1. The number of thiophene rings is 1. The standard InChI is InChI=1S/C15H15N3OS/c1-2-15(19)18-13-5-3-12(4-6-13)17-9-14-7-11(8-16)10-20-14/h3-7,10,17H,2,9H2,1H3,(H,18,19). The molecule has 1 aromatic heterocycles. The molecule has 4 nitrogen and oxygen atoms in total. The molecule has 0 radical (unpaired) electrons. The van der Waals surface area contributed by atoms with Crippen LogP contribution >= 0.6 is 11.3 Å². The maximum absolute atomic E-state index is 11.3. The Labute approximate surface area is 122 Å². The van der Waals surface area contributed by atoms with Crippen molar-refractivity contribution in [2.45, 2.75) is 19.9 Å². The predicted octanol–water partition coefficient (Wildman–Crippen LogP) is 3.58. The second-order valence-electron chi connectivity index (χ2n) is 4.25. The van der Waals surface area contributed by atoms with E-state index in [9.17, 15) is 4.79 Å². The van der Waals surface area contributed by atoms with E-state index in [0.717, 1.165) is 16.3 Å². The van der Waals surface area contributed by atoms with Gasteiger partial charge < -0.3 is 10.6 Å². The van der Waals surface area contributed by atoms with Gasteiger partial charge in [-0.3, -0.25) is 4.79 Å². The van der Waals surface area contributed by atoms with Gasteiger partial charge in [-0.15, -0.1) is 11.3 Å². The number of carbonyl (C=O) groups is 1. The molecule has 1 amide bonds.